The van der Waals surface area contributed by atoms with Gasteiger partial charge in [0.25, 0.3) is 0 Å². The van der Waals surface area contributed by atoms with Gasteiger partial charge in [0.15, 0.2) is 0 Å². The largest absolute Gasteiger partial charge is 0.376 e. The zero-order valence-corrected chi connectivity index (χ0v) is 12.4. The van der Waals surface area contributed by atoms with E-state index in [0.29, 0.717) is 32.3 Å². The van der Waals surface area contributed by atoms with Gasteiger partial charge in [0.2, 0.25) is 5.91 Å². The van der Waals surface area contributed by atoms with Crippen LogP contribution in [0.15, 0.2) is 11.6 Å². The third kappa shape index (κ3) is 3.37. The van der Waals surface area contributed by atoms with Crippen LogP contribution in [0, 0.1) is 17.3 Å². The van der Waals surface area contributed by atoms with E-state index in [0.717, 1.165) is 0 Å². The first kappa shape index (κ1) is 14.5. The number of rotatable bonds is 4. The van der Waals surface area contributed by atoms with E-state index in [1.54, 1.807) is 0 Å². The van der Waals surface area contributed by atoms with Crippen LogP contribution < -0.4 is 5.32 Å². The number of nitrogens with one attached hydrogen (secondary N) is 1. The van der Waals surface area contributed by atoms with Gasteiger partial charge in [-0.1, -0.05) is 25.5 Å². The Bertz CT molecular complexity index is 366. The van der Waals surface area contributed by atoms with Crippen LogP contribution >= 0.6 is 0 Å². The third-order valence-electron chi connectivity index (χ3n) is 4.09. The summed E-state index contributed by atoms with van der Waals surface area (Å²) in [5.74, 6) is 0.592. The lowest BCUT2D eigenvalue weighted by atomic mass is 10.1. The molecule has 1 aliphatic carbocycles. The van der Waals surface area contributed by atoms with E-state index in [2.05, 4.69) is 39.1 Å². The molecule has 1 saturated carbocycles. The zero-order valence-electron chi connectivity index (χ0n) is 12.4. The lowest BCUT2D eigenvalue weighted by molar-refractivity contribution is -0.125. The van der Waals surface area contributed by atoms with Crippen molar-refractivity contribution in [3.05, 3.63) is 11.6 Å². The van der Waals surface area contributed by atoms with Crippen molar-refractivity contribution in [2.45, 2.75) is 33.8 Å². The molecule has 0 aromatic carbocycles. The van der Waals surface area contributed by atoms with Crippen LogP contribution in [-0.2, 0) is 14.3 Å². The lowest BCUT2D eigenvalue weighted by Crippen LogP contribution is -2.40. The summed E-state index contributed by atoms with van der Waals surface area (Å²) < 4.78 is 10.8. The monoisotopic (exact) mass is 267 g/mol. The average molecular weight is 267 g/mol. The molecule has 0 unspecified atom stereocenters. The van der Waals surface area contributed by atoms with Crippen LogP contribution in [0.1, 0.15) is 27.7 Å². The van der Waals surface area contributed by atoms with Gasteiger partial charge in [-0.15, -0.1) is 0 Å². The van der Waals surface area contributed by atoms with E-state index in [1.165, 1.54) is 5.57 Å². The molecule has 108 valence electrons. The Kier molecular flexibility index (Phi) is 4.31. The minimum atomic E-state index is 0.00136. The Morgan fingerprint density at radius 3 is 2.68 bits per heavy atom. The Labute approximate surface area is 115 Å². The van der Waals surface area contributed by atoms with E-state index in [9.17, 15) is 4.79 Å². The van der Waals surface area contributed by atoms with Crippen LogP contribution in [0.3, 0.4) is 0 Å². The van der Waals surface area contributed by atoms with Gasteiger partial charge in [0, 0.05) is 6.54 Å². The van der Waals surface area contributed by atoms with Crippen molar-refractivity contribution in [2.24, 2.45) is 17.3 Å². The molecule has 0 aromatic heterocycles. The lowest BCUT2D eigenvalue weighted by Gasteiger charge is -2.23. The molecule has 4 nitrogen and oxygen atoms in total. The van der Waals surface area contributed by atoms with Gasteiger partial charge in [-0.25, -0.2) is 0 Å². The molecule has 2 fully saturated rings. The molecule has 1 N–H and O–H groups in total. The molecule has 2 aliphatic rings. The van der Waals surface area contributed by atoms with E-state index in [-0.39, 0.29) is 23.3 Å². The summed E-state index contributed by atoms with van der Waals surface area (Å²) in [7, 11) is 0. The van der Waals surface area contributed by atoms with E-state index < -0.39 is 0 Å². The molecule has 1 aliphatic heterocycles. The molecule has 0 aromatic rings. The predicted molar refractivity (Wildman–Crippen MR) is 73.8 cm³/mol. The minimum absolute atomic E-state index is 0.00136. The van der Waals surface area contributed by atoms with Crippen LogP contribution in [0.5, 0.6) is 0 Å². The second-order valence-electron chi connectivity index (χ2n) is 6.38. The first-order valence-electron chi connectivity index (χ1n) is 7.05. The molecule has 0 radical (unpaired) electrons. The third-order valence-corrected chi connectivity index (χ3v) is 4.09. The van der Waals surface area contributed by atoms with Crippen molar-refractivity contribution in [3.8, 4) is 0 Å². The van der Waals surface area contributed by atoms with E-state index in [4.69, 9.17) is 9.47 Å². The van der Waals surface area contributed by atoms with Crippen molar-refractivity contribution >= 4 is 5.91 Å². The molecule has 3 atom stereocenters. The number of carbonyl (C=O) groups is 1. The quantitative estimate of drug-likeness (QED) is 0.790. The van der Waals surface area contributed by atoms with Gasteiger partial charge in [0.05, 0.1) is 31.8 Å². The molecule has 19 heavy (non-hydrogen) atoms. The Balaban J connectivity index is 1.82. The number of ether oxygens (including phenoxy) is 2. The molecule has 0 bridgehead atoms. The van der Waals surface area contributed by atoms with Gasteiger partial charge in [-0.3, -0.25) is 4.79 Å². The normalized spacial score (nSPS) is 32.5. The molecule has 1 heterocycles. The molecule has 0 spiro atoms. The van der Waals surface area contributed by atoms with Crippen LogP contribution in [0.4, 0.5) is 0 Å². The van der Waals surface area contributed by atoms with Crippen molar-refractivity contribution in [1.82, 2.24) is 5.32 Å². The number of carbonyl (C=O) groups excluding carboxylic acids is 1. The van der Waals surface area contributed by atoms with Gasteiger partial charge in [-0.2, -0.15) is 0 Å². The Hall–Kier alpha value is -0.870. The molecular weight excluding hydrogens is 242 g/mol. The highest BCUT2D eigenvalue weighted by atomic mass is 16.6. The Morgan fingerprint density at radius 1 is 1.37 bits per heavy atom. The van der Waals surface area contributed by atoms with Crippen molar-refractivity contribution < 1.29 is 14.3 Å². The maximum atomic E-state index is 12.2. The minimum Gasteiger partial charge on any atom is -0.376 e. The van der Waals surface area contributed by atoms with E-state index >= 15 is 0 Å². The number of hydrogen-bond donors (Lipinski definition) is 1. The molecule has 1 amide bonds. The second kappa shape index (κ2) is 5.63. The summed E-state index contributed by atoms with van der Waals surface area (Å²) >= 11 is 0. The second-order valence-corrected chi connectivity index (χ2v) is 6.38. The van der Waals surface area contributed by atoms with Gasteiger partial charge in [0.1, 0.15) is 0 Å². The van der Waals surface area contributed by atoms with E-state index in [1.807, 2.05) is 0 Å². The summed E-state index contributed by atoms with van der Waals surface area (Å²) in [6.07, 6.45) is 2.21. The Morgan fingerprint density at radius 2 is 2.11 bits per heavy atom. The summed E-state index contributed by atoms with van der Waals surface area (Å²) in [6, 6.07) is 0. The topological polar surface area (TPSA) is 47.6 Å². The highest BCUT2D eigenvalue weighted by molar-refractivity contribution is 5.83. The molecule has 1 saturated heterocycles. The van der Waals surface area contributed by atoms with Gasteiger partial charge >= 0.3 is 0 Å². The number of amides is 1. The SMILES string of the molecule is CC(C)=C[C@@H]1[C@H](C(=O)NC[C@@H]2COCCO2)C1(C)C. The fraction of sp³-hybridized carbons (Fsp3) is 0.800. The fourth-order valence-corrected chi connectivity index (χ4v) is 2.83. The summed E-state index contributed by atoms with van der Waals surface area (Å²) in [4.78, 5) is 12.2. The highest BCUT2D eigenvalue weighted by Gasteiger charge is 2.60. The fourth-order valence-electron chi connectivity index (χ4n) is 2.83. The maximum absolute atomic E-state index is 12.2. The predicted octanol–water partition coefficient (Wildman–Crippen LogP) is 1.76. The standard InChI is InChI=1S/C15H25NO3/c1-10(2)7-12-13(15(12,3)4)14(17)16-8-11-9-18-5-6-19-11/h7,11-13H,5-6,8-9H2,1-4H3,(H,16,17)/t11-,12-,13-/m1/s1. The molecule has 2 rings (SSSR count). The summed E-state index contributed by atoms with van der Waals surface area (Å²) in [6.45, 7) is 10.9. The van der Waals surface area contributed by atoms with Crippen LogP contribution in [-0.4, -0.2) is 38.4 Å². The van der Waals surface area contributed by atoms with Gasteiger partial charge < -0.3 is 14.8 Å². The van der Waals surface area contributed by atoms with Crippen LogP contribution in [0.2, 0.25) is 0 Å². The maximum Gasteiger partial charge on any atom is 0.224 e. The summed E-state index contributed by atoms with van der Waals surface area (Å²) in [5.41, 5.74) is 1.35. The number of hydrogen-bond acceptors (Lipinski definition) is 3. The smallest absolute Gasteiger partial charge is 0.224 e. The van der Waals surface area contributed by atoms with Crippen LogP contribution in [0.25, 0.3) is 0 Å². The van der Waals surface area contributed by atoms with Crippen molar-refractivity contribution in [3.63, 3.8) is 0 Å². The summed E-state index contributed by atoms with van der Waals surface area (Å²) in [5, 5.41) is 3.00. The molecular formula is C15H25NO3. The zero-order chi connectivity index (χ0) is 14.0. The first-order chi connectivity index (χ1) is 8.93. The number of allylic oxidation sites excluding steroid dienone is 2. The average Bonchev–Trinajstić information content (AvgIpc) is 2.88. The highest BCUT2D eigenvalue weighted by Crippen LogP contribution is 2.59. The van der Waals surface area contributed by atoms with Crippen molar-refractivity contribution in [1.29, 1.82) is 0 Å². The first-order valence-corrected chi connectivity index (χ1v) is 7.05. The molecule has 4 heteroatoms. The van der Waals surface area contributed by atoms with Crippen molar-refractivity contribution in [2.75, 3.05) is 26.4 Å². The van der Waals surface area contributed by atoms with Gasteiger partial charge in [-0.05, 0) is 25.2 Å².